The van der Waals surface area contributed by atoms with Crippen LogP contribution in [-0.4, -0.2) is 41.4 Å². The Labute approximate surface area is 88.7 Å². The van der Waals surface area contributed by atoms with Gasteiger partial charge in [0.25, 0.3) is 0 Å². The molecule has 0 rings (SSSR count). The monoisotopic (exact) mass is 218 g/mol. The SMILES string of the molecule is CC(C)CC(NC(=O)O)C(=O)NCCO. The minimum Gasteiger partial charge on any atom is -0.465 e. The van der Waals surface area contributed by atoms with Crippen LogP contribution in [0.1, 0.15) is 20.3 Å². The molecule has 0 spiro atoms. The first-order valence-electron chi connectivity index (χ1n) is 4.85. The second kappa shape index (κ2) is 7.05. The minimum atomic E-state index is -1.22. The summed E-state index contributed by atoms with van der Waals surface area (Å²) in [5, 5.41) is 21.6. The molecule has 0 saturated heterocycles. The minimum absolute atomic E-state index is 0.134. The number of nitrogens with one attached hydrogen (secondary N) is 2. The summed E-state index contributed by atoms with van der Waals surface area (Å²) in [6.07, 6.45) is -0.788. The molecular formula is C9H18N2O4. The molecule has 6 heteroatoms. The lowest BCUT2D eigenvalue weighted by Crippen LogP contribution is -2.47. The van der Waals surface area contributed by atoms with Crippen molar-refractivity contribution >= 4 is 12.0 Å². The van der Waals surface area contributed by atoms with Crippen molar-refractivity contribution in [3.8, 4) is 0 Å². The van der Waals surface area contributed by atoms with Crippen LogP contribution in [0.5, 0.6) is 0 Å². The molecule has 4 N–H and O–H groups in total. The summed E-state index contributed by atoms with van der Waals surface area (Å²) in [5.74, 6) is -0.193. The Morgan fingerprint density at radius 2 is 1.93 bits per heavy atom. The van der Waals surface area contributed by atoms with E-state index in [1.165, 1.54) is 0 Å². The van der Waals surface area contributed by atoms with Gasteiger partial charge in [-0.2, -0.15) is 0 Å². The molecule has 0 aromatic rings. The second-order valence-corrected chi connectivity index (χ2v) is 3.65. The smallest absolute Gasteiger partial charge is 0.405 e. The average molecular weight is 218 g/mol. The van der Waals surface area contributed by atoms with Crippen LogP contribution in [0.15, 0.2) is 0 Å². The Hall–Kier alpha value is -1.30. The van der Waals surface area contributed by atoms with Gasteiger partial charge in [0.2, 0.25) is 5.91 Å². The lowest BCUT2D eigenvalue weighted by atomic mass is 10.0. The van der Waals surface area contributed by atoms with Crippen LogP contribution >= 0.6 is 0 Å². The van der Waals surface area contributed by atoms with Gasteiger partial charge in [0, 0.05) is 6.54 Å². The van der Waals surface area contributed by atoms with E-state index in [9.17, 15) is 9.59 Å². The molecule has 0 fully saturated rings. The van der Waals surface area contributed by atoms with Gasteiger partial charge in [-0.3, -0.25) is 4.79 Å². The normalized spacial score (nSPS) is 12.3. The van der Waals surface area contributed by atoms with E-state index >= 15 is 0 Å². The molecule has 88 valence electrons. The third-order valence-corrected chi connectivity index (χ3v) is 1.73. The number of hydrogen-bond acceptors (Lipinski definition) is 3. The fourth-order valence-corrected chi connectivity index (χ4v) is 1.15. The van der Waals surface area contributed by atoms with Gasteiger partial charge in [0.15, 0.2) is 0 Å². The summed E-state index contributed by atoms with van der Waals surface area (Å²) in [6.45, 7) is 3.77. The van der Waals surface area contributed by atoms with E-state index in [0.29, 0.717) is 6.42 Å². The fraction of sp³-hybridized carbons (Fsp3) is 0.778. The van der Waals surface area contributed by atoms with Crippen molar-refractivity contribution in [2.45, 2.75) is 26.3 Å². The number of rotatable bonds is 6. The molecule has 0 radical (unpaired) electrons. The van der Waals surface area contributed by atoms with Crippen molar-refractivity contribution in [2.75, 3.05) is 13.2 Å². The van der Waals surface area contributed by atoms with E-state index in [1.54, 1.807) is 0 Å². The Bertz CT molecular complexity index is 218. The van der Waals surface area contributed by atoms with Gasteiger partial charge in [0.1, 0.15) is 6.04 Å². The van der Waals surface area contributed by atoms with Gasteiger partial charge in [-0.15, -0.1) is 0 Å². The number of hydrogen-bond donors (Lipinski definition) is 4. The van der Waals surface area contributed by atoms with E-state index in [-0.39, 0.29) is 19.1 Å². The summed E-state index contributed by atoms with van der Waals surface area (Å²) in [7, 11) is 0. The average Bonchev–Trinajstić information content (AvgIpc) is 2.11. The molecule has 0 aliphatic heterocycles. The largest absolute Gasteiger partial charge is 0.465 e. The van der Waals surface area contributed by atoms with Crippen molar-refractivity contribution in [2.24, 2.45) is 5.92 Å². The Morgan fingerprint density at radius 3 is 2.33 bits per heavy atom. The Morgan fingerprint density at radius 1 is 1.33 bits per heavy atom. The van der Waals surface area contributed by atoms with Crippen LogP contribution in [0.25, 0.3) is 0 Å². The zero-order valence-electron chi connectivity index (χ0n) is 8.99. The Balaban J connectivity index is 4.20. The molecule has 15 heavy (non-hydrogen) atoms. The molecule has 0 aromatic heterocycles. The summed E-state index contributed by atoms with van der Waals surface area (Å²) in [4.78, 5) is 21.9. The van der Waals surface area contributed by atoms with E-state index in [0.717, 1.165) is 0 Å². The van der Waals surface area contributed by atoms with Crippen molar-refractivity contribution < 1.29 is 19.8 Å². The van der Waals surface area contributed by atoms with E-state index in [4.69, 9.17) is 10.2 Å². The van der Waals surface area contributed by atoms with Crippen LogP contribution in [0.2, 0.25) is 0 Å². The second-order valence-electron chi connectivity index (χ2n) is 3.65. The molecule has 0 heterocycles. The van der Waals surface area contributed by atoms with Gasteiger partial charge in [-0.25, -0.2) is 4.79 Å². The topological polar surface area (TPSA) is 98.7 Å². The quantitative estimate of drug-likeness (QED) is 0.495. The van der Waals surface area contributed by atoms with Gasteiger partial charge in [0.05, 0.1) is 6.61 Å². The molecule has 0 aromatic carbocycles. The zero-order chi connectivity index (χ0) is 11.8. The summed E-state index contributed by atoms with van der Waals surface area (Å²) in [6, 6.07) is -0.756. The molecule has 1 unspecified atom stereocenters. The maximum atomic E-state index is 11.4. The van der Waals surface area contributed by atoms with Gasteiger partial charge < -0.3 is 20.8 Å². The van der Waals surface area contributed by atoms with E-state index < -0.39 is 18.0 Å². The van der Waals surface area contributed by atoms with Gasteiger partial charge in [-0.05, 0) is 12.3 Å². The van der Waals surface area contributed by atoms with Crippen molar-refractivity contribution in [1.29, 1.82) is 0 Å². The van der Waals surface area contributed by atoms with Gasteiger partial charge >= 0.3 is 6.09 Å². The van der Waals surface area contributed by atoms with Crippen LogP contribution in [0, 0.1) is 5.92 Å². The Kier molecular flexibility index (Phi) is 6.44. The zero-order valence-corrected chi connectivity index (χ0v) is 8.99. The molecular weight excluding hydrogens is 200 g/mol. The number of aliphatic hydroxyl groups is 1. The van der Waals surface area contributed by atoms with Crippen LogP contribution in [0.4, 0.5) is 4.79 Å². The van der Waals surface area contributed by atoms with E-state index in [2.05, 4.69) is 10.6 Å². The first-order valence-corrected chi connectivity index (χ1v) is 4.85. The highest BCUT2D eigenvalue weighted by atomic mass is 16.4. The van der Waals surface area contributed by atoms with Crippen LogP contribution < -0.4 is 10.6 Å². The number of carboxylic acid groups (broad SMARTS) is 1. The molecule has 0 aliphatic carbocycles. The van der Waals surface area contributed by atoms with Crippen molar-refractivity contribution in [1.82, 2.24) is 10.6 Å². The highest BCUT2D eigenvalue weighted by Gasteiger charge is 2.20. The first kappa shape index (κ1) is 13.7. The molecule has 0 bridgehead atoms. The predicted molar refractivity (Wildman–Crippen MR) is 54.5 cm³/mol. The third-order valence-electron chi connectivity index (χ3n) is 1.73. The maximum Gasteiger partial charge on any atom is 0.405 e. The van der Waals surface area contributed by atoms with Gasteiger partial charge in [-0.1, -0.05) is 13.8 Å². The van der Waals surface area contributed by atoms with E-state index in [1.807, 2.05) is 13.8 Å². The van der Waals surface area contributed by atoms with Crippen molar-refractivity contribution in [3.63, 3.8) is 0 Å². The molecule has 2 amide bonds. The fourth-order valence-electron chi connectivity index (χ4n) is 1.15. The highest BCUT2D eigenvalue weighted by molar-refractivity contribution is 5.85. The number of amides is 2. The molecule has 0 saturated carbocycles. The number of aliphatic hydroxyl groups excluding tert-OH is 1. The molecule has 0 aliphatic rings. The lowest BCUT2D eigenvalue weighted by molar-refractivity contribution is -0.123. The first-order chi connectivity index (χ1) is 6.97. The number of carbonyl (C=O) groups excluding carboxylic acids is 1. The summed E-state index contributed by atoms with van der Waals surface area (Å²) < 4.78 is 0. The predicted octanol–water partition coefficient (Wildman–Crippen LogP) is -0.223. The highest BCUT2D eigenvalue weighted by Crippen LogP contribution is 2.04. The maximum absolute atomic E-state index is 11.4. The van der Waals surface area contributed by atoms with Crippen LogP contribution in [0.3, 0.4) is 0 Å². The lowest BCUT2D eigenvalue weighted by Gasteiger charge is -2.18. The van der Waals surface area contributed by atoms with Crippen molar-refractivity contribution in [3.05, 3.63) is 0 Å². The number of carbonyl (C=O) groups is 2. The van der Waals surface area contributed by atoms with Crippen LogP contribution in [-0.2, 0) is 4.79 Å². The standard InChI is InChI=1S/C9H18N2O4/c1-6(2)5-7(11-9(14)15)8(13)10-3-4-12/h6-7,11-12H,3-5H2,1-2H3,(H,10,13)(H,14,15). The third kappa shape index (κ3) is 6.73. The molecule has 1 atom stereocenters. The molecule has 6 nitrogen and oxygen atoms in total. The summed E-state index contributed by atoms with van der Waals surface area (Å²) in [5.41, 5.74) is 0. The summed E-state index contributed by atoms with van der Waals surface area (Å²) >= 11 is 0.